The van der Waals surface area contributed by atoms with E-state index in [0.29, 0.717) is 11.4 Å². The van der Waals surface area contributed by atoms with E-state index in [1.165, 1.54) is 11.8 Å². The minimum absolute atomic E-state index is 0.0150. The molecule has 0 bridgehead atoms. The van der Waals surface area contributed by atoms with Gasteiger partial charge in [-0.05, 0) is 29.0 Å². The number of nitrogen functional groups attached to an aromatic ring is 1. The number of hydrogen-bond acceptors (Lipinski definition) is 4. The second-order valence-electron chi connectivity index (χ2n) is 6.73. The molecule has 4 nitrogen and oxygen atoms in total. The highest BCUT2D eigenvalue weighted by Gasteiger charge is 2.65. The highest BCUT2D eigenvalue weighted by Crippen LogP contribution is 2.62. The molecule has 0 unspecified atom stereocenters. The van der Waals surface area contributed by atoms with Crippen LogP contribution in [0.3, 0.4) is 0 Å². The van der Waals surface area contributed by atoms with Gasteiger partial charge in [-0.1, -0.05) is 33.8 Å². The summed E-state index contributed by atoms with van der Waals surface area (Å²) < 4.78 is 27.2. The van der Waals surface area contributed by atoms with Crippen molar-refractivity contribution in [2.45, 2.75) is 38.6 Å². The van der Waals surface area contributed by atoms with E-state index in [-0.39, 0.29) is 22.6 Å². The van der Waals surface area contributed by atoms with E-state index >= 15 is 0 Å². The summed E-state index contributed by atoms with van der Waals surface area (Å²) in [6.45, 7) is 8.40. The Morgan fingerprint density at radius 1 is 1.24 bits per heavy atom. The van der Waals surface area contributed by atoms with Gasteiger partial charge in [-0.25, -0.2) is 13.1 Å². The summed E-state index contributed by atoms with van der Waals surface area (Å²) in [6, 6.07) is 7.51. The van der Waals surface area contributed by atoms with Gasteiger partial charge in [0.25, 0.3) is 0 Å². The lowest BCUT2D eigenvalue weighted by Gasteiger charge is -2.08. The maximum Gasteiger partial charge on any atom is 0.212 e. The molecule has 1 aromatic carbocycles. The summed E-state index contributed by atoms with van der Waals surface area (Å²) in [5, 5.41) is 0. The topological polar surface area (TPSA) is 72.2 Å². The summed E-state index contributed by atoms with van der Waals surface area (Å²) >= 11 is 1.51. The van der Waals surface area contributed by atoms with Gasteiger partial charge >= 0.3 is 0 Å². The van der Waals surface area contributed by atoms with Crippen LogP contribution in [0.25, 0.3) is 0 Å². The third-order valence-electron chi connectivity index (χ3n) is 4.80. The van der Waals surface area contributed by atoms with Crippen molar-refractivity contribution in [3.8, 4) is 0 Å². The maximum atomic E-state index is 12.2. The molecule has 0 saturated heterocycles. The summed E-state index contributed by atoms with van der Waals surface area (Å²) in [5.41, 5.74) is 6.43. The Kier molecular flexibility index (Phi) is 4.35. The smallest absolute Gasteiger partial charge is 0.212 e. The SMILES string of the molecule is CC1(C)C(NS(=O)(=O)CCSc2cccc(N)c2)C1(C)C. The molecule has 0 heterocycles. The molecule has 1 saturated carbocycles. The lowest BCUT2D eigenvalue weighted by Crippen LogP contribution is -2.32. The van der Waals surface area contributed by atoms with E-state index in [4.69, 9.17) is 5.73 Å². The van der Waals surface area contributed by atoms with E-state index in [1.54, 1.807) is 0 Å². The number of anilines is 1. The molecule has 0 atom stereocenters. The zero-order chi connectivity index (χ0) is 15.9. The van der Waals surface area contributed by atoms with Gasteiger partial charge in [-0.2, -0.15) is 0 Å². The molecule has 0 aromatic heterocycles. The van der Waals surface area contributed by atoms with E-state index in [1.807, 2.05) is 24.3 Å². The van der Waals surface area contributed by atoms with Crippen LogP contribution in [-0.2, 0) is 10.0 Å². The predicted octanol–water partition coefficient (Wildman–Crippen LogP) is 2.71. The van der Waals surface area contributed by atoms with Crippen LogP contribution in [0.2, 0.25) is 0 Å². The van der Waals surface area contributed by atoms with E-state index in [0.717, 1.165) is 4.90 Å². The molecule has 21 heavy (non-hydrogen) atoms. The van der Waals surface area contributed by atoms with Crippen molar-refractivity contribution in [3.05, 3.63) is 24.3 Å². The third kappa shape index (κ3) is 3.55. The molecule has 0 radical (unpaired) electrons. The predicted molar refractivity (Wildman–Crippen MR) is 89.9 cm³/mol. The first-order chi connectivity index (χ1) is 9.56. The number of nitrogens with one attached hydrogen (secondary N) is 1. The minimum Gasteiger partial charge on any atom is -0.399 e. The summed E-state index contributed by atoms with van der Waals surface area (Å²) in [4.78, 5) is 0.997. The first-order valence-corrected chi connectivity index (χ1v) is 9.68. The Balaban J connectivity index is 1.86. The molecule has 3 N–H and O–H groups in total. The second-order valence-corrected chi connectivity index (χ2v) is 9.78. The summed E-state index contributed by atoms with van der Waals surface area (Å²) in [6.07, 6.45) is 0. The largest absolute Gasteiger partial charge is 0.399 e. The van der Waals surface area contributed by atoms with E-state index in [9.17, 15) is 8.42 Å². The third-order valence-corrected chi connectivity index (χ3v) is 7.39. The van der Waals surface area contributed by atoms with Gasteiger partial charge in [0.1, 0.15) is 0 Å². The van der Waals surface area contributed by atoms with Crippen LogP contribution in [-0.4, -0.2) is 26.0 Å². The number of rotatable bonds is 6. The van der Waals surface area contributed by atoms with Gasteiger partial charge < -0.3 is 5.73 Å². The minimum atomic E-state index is -3.24. The van der Waals surface area contributed by atoms with Crippen LogP contribution in [0.5, 0.6) is 0 Å². The molecule has 0 aliphatic heterocycles. The van der Waals surface area contributed by atoms with E-state index < -0.39 is 10.0 Å². The zero-order valence-corrected chi connectivity index (χ0v) is 14.6. The van der Waals surface area contributed by atoms with Gasteiger partial charge in [0.05, 0.1) is 5.75 Å². The van der Waals surface area contributed by atoms with Gasteiger partial charge in [-0.3, -0.25) is 0 Å². The van der Waals surface area contributed by atoms with Gasteiger partial charge in [0.15, 0.2) is 0 Å². The van der Waals surface area contributed by atoms with Crippen molar-refractivity contribution in [2.75, 3.05) is 17.2 Å². The van der Waals surface area contributed by atoms with Crippen molar-refractivity contribution in [1.29, 1.82) is 0 Å². The highest BCUT2D eigenvalue weighted by atomic mass is 32.2. The molecule has 1 aliphatic carbocycles. The van der Waals surface area contributed by atoms with Crippen LogP contribution in [0.1, 0.15) is 27.7 Å². The molecule has 6 heteroatoms. The number of thioether (sulfide) groups is 1. The number of nitrogens with two attached hydrogens (primary N) is 1. The lowest BCUT2D eigenvalue weighted by atomic mass is 10.0. The average molecular weight is 329 g/mol. The maximum absolute atomic E-state index is 12.2. The second kappa shape index (κ2) is 5.48. The number of sulfonamides is 1. The van der Waals surface area contributed by atoms with Crippen LogP contribution < -0.4 is 10.5 Å². The van der Waals surface area contributed by atoms with Crippen LogP contribution >= 0.6 is 11.8 Å². The first-order valence-electron chi connectivity index (χ1n) is 7.04. The molecular formula is C15H24N2O2S2. The number of hydrogen-bond donors (Lipinski definition) is 2. The highest BCUT2D eigenvalue weighted by molar-refractivity contribution is 8.00. The fourth-order valence-corrected chi connectivity index (χ4v) is 5.51. The Morgan fingerprint density at radius 3 is 2.38 bits per heavy atom. The standard InChI is InChI=1S/C15H24N2O2S2/c1-14(2)13(15(14,3)4)17-21(18,19)9-8-20-12-7-5-6-11(16)10-12/h5-7,10,13,17H,8-9,16H2,1-4H3. The van der Waals surface area contributed by atoms with Crippen LogP contribution in [0, 0.1) is 10.8 Å². The Bertz CT molecular complexity index is 610. The molecular weight excluding hydrogens is 304 g/mol. The van der Waals surface area contributed by atoms with Crippen molar-refractivity contribution in [1.82, 2.24) is 4.72 Å². The van der Waals surface area contributed by atoms with Crippen molar-refractivity contribution < 1.29 is 8.42 Å². The molecule has 0 spiro atoms. The molecule has 1 aliphatic rings. The van der Waals surface area contributed by atoms with Gasteiger partial charge in [0.2, 0.25) is 10.0 Å². The fourth-order valence-electron chi connectivity index (χ4n) is 2.60. The zero-order valence-electron chi connectivity index (χ0n) is 13.0. The van der Waals surface area contributed by atoms with Crippen molar-refractivity contribution in [2.24, 2.45) is 10.8 Å². The molecule has 1 aromatic rings. The summed E-state index contributed by atoms with van der Waals surface area (Å²) in [7, 11) is -3.24. The Labute approximate surface area is 131 Å². The molecule has 1 fully saturated rings. The number of benzene rings is 1. The van der Waals surface area contributed by atoms with Gasteiger partial charge in [-0.15, -0.1) is 11.8 Å². The molecule has 118 valence electrons. The van der Waals surface area contributed by atoms with Crippen LogP contribution in [0.4, 0.5) is 5.69 Å². The lowest BCUT2D eigenvalue weighted by molar-refractivity contribution is 0.457. The van der Waals surface area contributed by atoms with Crippen molar-refractivity contribution in [3.63, 3.8) is 0 Å². The normalized spacial score (nSPS) is 20.4. The monoisotopic (exact) mass is 328 g/mol. The van der Waals surface area contributed by atoms with Crippen molar-refractivity contribution >= 4 is 27.5 Å². The Hall–Kier alpha value is -0.720. The Morgan fingerprint density at radius 2 is 1.86 bits per heavy atom. The first kappa shape index (κ1) is 16.6. The summed E-state index contributed by atoms with van der Waals surface area (Å²) in [5.74, 6) is 0.640. The van der Waals surface area contributed by atoms with Crippen LogP contribution in [0.15, 0.2) is 29.2 Å². The fraction of sp³-hybridized carbons (Fsp3) is 0.600. The van der Waals surface area contributed by atoms with Gasteiger partial charge in [0, 0.05) is 22.4 Å². The average Bonchev–Trinajstić information content (AvgIpc) is 2.71. The molecule has 2 rings (SSSR count). The quantitative estimate of drug-likeness (QED) is 0.622. The molecule has 0 amide bonds. The van der Waals surface area contributed by atoms with E-state index in [2.05, 4.69) is 32.4 Å².